The first-order chi connectivity index (χ1) is 18.0. The highest BCUT2D eigenvalue weighted by Gasteiger charge is 2.23. The second-order valence-corrected chi connectivity index (χ2v) is 8.99. The van der Waals surface area contributed by atoms with Gasteiger partial charge >= 0.3 is 17.6 Å². The second-order valence-electron chi connectivity index (χ2n) is 8.99. The van der Waals surface area contributed by atoms with Crippen molar-refractivity contribution >= 4 is 34.8 Å². The van der Waals surface area contributed by atoms with Crippen LogP contribution in [0.5, 0.6) is 5.75 Å². The van der Waals surface area contributed by atoms with Crippen molar-refractivity contribution in [2.75, 3.05) is 20.2 Å². The average molecular weight is 533 g/mol. The molecule has 0 unspecified atom stereocenters. The van der Waals surface area contributed by atoms with E-state index in [9.17, 15) is 24.0 Å². The van der Waals surface area contributed by atoms with Crippen LogP contribution in [0.3, 0.4) is 0 Å². The Hall–Kier alpha value is -4.09. The predicted octanol–water partition coefficient (Wildman–Crippen LogP) is 1.66. The number of rotatable bonds is 15. The van der Waals surface area contributed by atoms with Gasteiger partial charge in [0.1, 0.15) is 17.4 Å². The molecule has 2 aromatic rings. The van der Waals surface area contributed by atoms with E-state index in [1.54, 1.807) is 26.0 Å². The average Bonchev–Trinajstić information content (AvgIpc) is 2.86. The number of carbonyl (C=O) groups is 4. The number of aryl methyl sites for hydroxylation is 2. The van der Waals surface area contributed by atoms with Gasteiger partial charge in [0.2, 0.25) is 11.8 Å². The van der Waals surface area contributed by atoms with Gasteiger partial charge in [-0.2, -0.15) is 0 Å². The van der Waals surface area contributed by atoms with E-state index in [0.29, 0.717) is 60.1 Å². The monoisotopic (exact) mass is 532 g/mol. The van der Waals surface area contributed by atoms with Crippen molar-refractivity contribution in [1.82, 2.24) is 16.0 Å². The Morgan fingerprint density at radius 2 is 1.74 bits per heavy atom. The fourth-order valence-corrected chi connectivity index (χ4v) is 4.10. The van der Waals surface area contributed by atoms with E-state index in [1.807, 2.05) is 0 Å². The molecule has 0 radical (unpaired) electrons. The van der Waals surface area contributed by atoms with Crippen LogP contribution >= 0.6 is 0 Å². The van der Waals surface area contributed by atoms with Crippen LogP contribution in [0.1, 0.15) is 55.2 Å². The number of primary amides is 1. The van der Waals surface area contributed by atoms with Gasteiger partial charge in [-0.05, 0) is 57.2 Å². The number of carboxylic acid groups (broad SMARTS) is 1. The van der Waals surface area contributed by atoms with Gasteiger partial charge in [-0.1, -0.05) is 6.42 Å². The molecule has 0 aliphatic heterocycles. The molecule has 0 fully saturated rings. The minimum atomic E-state index is -0.907. The van der Waals surface area contributed by atoms with E-state index >= 15 is 0 Å². The number of unbranched alkanes of at least 4 members (excludes halogenated alkanes) is 2. The first-order valence-electron chi connectivity index (χ1n) is 12.5. The first kappa shape index (κ1) is 30.1. The Labute approximate surface area is 220 Å². The maximum atomic E-state index is 12.9. The highest BCUT2D eigenvalue weighted by molar-refractivity contribution is 5.90. The summed E-state index contributed by atoms with van der Waals surface area (Å²) >= 11 is 0. The molecule has 1 heterocycles. The van der Waals surface area contributed by atoms with E-state index in [1.165, 1.54) is 7.11 Å². The molecule has 0 aliphatic carbocycles. The third-order valence-corrected chi connectivity index (χ3v) is 6.20. The number of nitrogens with two attached hydrogens (primary N) is 1. The predicted molar refractivity (Wildman–Crippen MR) is 140 cm³/mol. The Morgan fingerprint density at radius 1 is 1.03 bits per heavy atom. The molecule has 0 saturated heterocycles. The highest BCUT2D eigenvalue weighted by Crippen LogP contribution is 2.29. The summed E-state index contributed by atoms with van der Waals surface area (Å²) in [5.74, 6) is -1.24. The van der Waals surface area contributed by atoms with E-state index in [0.717, 1.165) is 0 Å². The molecular formula is C26H36N4O8. The normalized spacial score (nSPS) is 11.6. The number of hydrogen-bond acceptors (Lipinski definition) is 7. The maximum absolute atomic E-state index is 12.9. The van der Waals surface area contributed by atoms with Crippen LogP contribution in [0.15, 0.2) is 21.3 Å². The molecule has 208 valence electrons. The van der Waals surface area contributed by atoms with Gasteiger partial charge in [0.15, 0.2) is 0 Å². The molecule has 0 spiro atoms. The fraction of sp³-hybridized carbons (Fsp3) is 0.500. The van der Waals surface area contributed by atoms with Crippen LogP contribution in [0.2, 0.25) is 0 Å². The standard InChI is InChI=1S/C26H36N4O8/c1-15-17-10-11-20(37-3)16(2)23(17)38-25(35)18(15)14-21(31)30-19(8-7-13-29-26(27)36)24(34)28-12-6-4-5-9-22(32)33/h10-11,19H,4-9,12-14H2,1-3H3,(H,28,34)(H,30,31)(H,32,33)(H3,27,29,36)/t19-/m0/s1. The Bertz CT molecular complexity index is 1220. The number of nitrogens with one attached hydrogen (secondary N) is 3. The molecule has 38 heavy (non-hydrogen) atoms. The molecule has 0 bridgehead atoms. The third kappa shape index (κ3) is 8.79. The number of carbonyl (C=O) groups excluding carboxylic acids is 3. The number of methoxy groups -OCH3 is 1. The zero-order chi connectivity index (χ0) is 28.2. The van der Waals surface area contributed by atoms with Gasteiger partial charge in [-0.15, -0.1) is 0 Å². The third-order valence-electron chi connectivity index (χ3n) is 6.20. The van der Waals surface area contributed by atoms with Crippen molar-refractivity contribution in [1.29, 1.82) is 0 Å². The van der Waals surface area contributed by atoms with Crippen molar-refractivity contribution in [3.05, 3.63) is 39.2 Å². The summed E-state index contributed by atoms with van der Waals surface area (Å²) in [6.07, 6.45) is 2.10. The number of carboxylic acids is 1. The minimum absolute atomic E-state index is 0.0643. The van der Waals surface area contributed by atoms with E-state index < -0.39 is 35.5 Å². The van der Waals surface area contributed by atoms with E-state index in [2.05, 4.69) is 16.0 Å². The second kappa shape index (κ2) is 14.6. The lowest BCUT2D eigenvalue weighted by Crippen LogP contribution is -2.48. The smallest absolute Gasteiger partial charge is 0.340 e. The van der Waals surface area contributed by atoms with Gasteiger partial charge in [0, 0.05) is 30.5 Å². The number of hydrogen-bond donors (Lipinski definition) is 5. The molecule has 1 aromatic heterocycles. The summed E-state index contributed by atoms with van der Waals surface area (Å²) < 4.78 is 10.8. The van der Waals surface area contributed by atoms with Crippen molar-refractivity contribution in [2.45, 2.75) is 64.8 Å². The fourth-order valence-electron chi connectivity index (χ4n) is 4.10. The Morgan fingerprint density at radius 3 is 2.39 bits per heavy atom. The summed E-state index contributed by atoms with van der Waals surface area (Å²) in [4.78, 5) is 60.0. The van der Waals surface area contributed by atoms with E-state index in [4.69, 9.17) is 20.0 Å². The maximum Gasteiger partial charge on any atom is 0.340 e. The Balaban J connectivity index is 2.09. The lowest BCUT2D eigenvalue weighted by Gasteiger charge is -2.19. The number of urea groups is 1. The van der Waals surface area contributed by atoms with Crippen LogP contribution in [0.25, 0.3) is 11.0 Å². The molecule has 4 amide bonds. The number of aliphatic carboxylic acids is 1. The summed E-state index contributed by atoms with van der Waals surface area (Å²) in [7, 11) is 1.52. The molecule has 1 aromatic carbocycles. The number of ether oxygens (including phenoxy) is 1. The number of fused-ring (bicyclic) bond motifs is 1. The van der Waals surface area contributed by atoms with Crippen molar-refractivity contribution in [3.8, 4) is 5.75 Å². The van der Waals surface area contributed by atoms with Crippen LogP contribution in [0, 0.1) is 13.8 Å². The van der Waals surface area contributed by atoms with Gasteiger partial charge in [-0.3, -0.25) is 14.4 Å². The van der Waals surface area contributed by atoms with Crippen LogP contribution in [-0.4, -0.2) is 55.2 Å². The zero-order valence-electron chi connectivity index (χ0n) is 22.0. The summed E-state index contributed by atoms with van der Waals surface area (Å²) in [5.41, 5.74) is 6.28. The van der Waals surface area contributed by atoms with Gasteiger partial charge in [0.05, 0.1) is 19.1 Å². The molecule has 0 aliphatic rings. The quantitative estimate of drug-likeness (QED) is 0.169. The van der Waals surface area contributed by atoms with Gasteiger partial charge < -0.3 is 35.9 Å². The largest absolute Gasteiger partial charge is 0.496 e. The zero-order valence-corrected chi connectivity index (χ0v) is 22.0. The van der Waals surface area contributed by atoms with Crippen LogP contribution < -0.4 is 32.0 Å². The molecular weight excluding hydrogens is 496 g/mol. The van der Waals surface area contributed by atoms with Crippen molar-refractivity contribution in [3.63, 3.8) is 0 Å². The Kier molecular flexibility index (Phi) is 11.6. The minimum Gasteiger partial charge on any atom is -0.496 e. The topological polar surface area (TPSA) is 190 Å². The lowest BCUT2D eigenvalue weighted by atomic mass is 10.0. The molecule has 12 heteroatoms. The molecule has 1 atom stereocenters. The number of benzene rings is 1. The van der Waals surface area contributed by atoms with E-state index in [-0.39, 0.29) is 31.4 Å². The summed E-state index contributed by atoms with van der Waals surface area (Å²) in [5, 5.41) is 17.2. The van der Waals surface area contributed by atoms with Crippen molar-refractivity contribution < 1.29 is 33.4 Å². The molecule has 2 rings (SSSR count). The van der Waals surface area contributed by atoms with Crippen molar-refractivity contribution in [2.24, 2.45) is 5.73 Å². The van der Waals surface area contributed by atoms with Crippen LogP contribution in [-0.2, 0) is 20.8 Å². The van der Waals surface area contributed by atoms with Gasteiger partial charge in [0.25, 0.3) is 0 Å². The first-order valence-corrected chi connectivity index (χ1v) is 12.5. The molecule has 0 saturated carbocycles. The summed E-state index contributed by atoms with van der Waals surface area (Å²) in [6, 6.07) is 1.92. The number of amides is 4. The SMILES string of the molecule is COc1ccc2c(C)c(CC(=O)N[C@@H](CCCNC(N)=O)C(=O)NCCCCCC(=O)O)c(=O)oc2c1C. The highest BCUT2D eigenvalue weighted by atomic mass is 16.5. The van der Waals surface area contributed by atoms with Crippen LogP contribution in [0.4, 0.5) is 4.79 Å². The molecule has 12 nitrogen and oxygen atoms in total. The van der Waals surface area contributed by atoms with Gasteiger partial charge in [-0.25, -0.2) is 9.59 Å². The summed E-state index contributed by atoms with van der Waals surface area (Å²) in [6.45, 7) is 4.05. The molecule has 6 N–H and O–H groups in total. The lowest BCUT2D eigenvalue weighted by molar-refractivity contribution is -0.137.